The van der Waals surface area contributed by atoms with Crippen LogP contribution in [0.3, 0.4) is 0 Å². The van der Waals surface area contributed by atoms with E-state index in [1.165, 1.54) is 0 Å². The Morgan fingerprint density at radius 3 is 2.63 bits per heavy atom. The average Bonchev–Trinajstić information content (AvgIpc) is 3.01. The fourth-order valence-corrected chi connectivity index (χ4v) is 3.31. The molecule has 3 rings (SSSR count). The first-order chi connectivity index (χ1) is 13.0. The topological polar surface area (TPSA) is 57.0 Å². The molecule has 1 aromatic carbocycles. The number of pyridine rings is 1. The summed E-state index contributed by atoms with van der Waals surface area (Å²) in [5.74, 6) is 0.433. The molecule has 5 nitrogen and oxygen atoms in total. The van der Waals surface area contributed by atoms with Gasteiger partial charge in [-0.15, -0.1) is 0 Å². The summed E-state index contributed by atoms with van der Waals surface area (Å²) in [7, 11) is 1.58. The first kappa shape index (κ1) is 18.7. The summed E-state index contributed by atoms with van der Waals surface area (Å²) in [4.78, 5) is 24.8. The first-order valence-electron chi connectivity index (χ1n) is 8.97. The van der Waals surface area contributed by atoms with Gasteiger partial charge in [-0.1, -0.05) is 26.0 Å². The van der Waals surface area contributed by atoms with Gasteiger partial charge in [-0.2, -0.15) is 0 Å². The standard InChI is InChI=1S/C22H23NO4/c1-5-27-22(25)21-17-8-6-7-11-23(17)18(13-24)20(21)16-12-15(14(2)3)9-10-19(16)26-4/h6-14H,5H2,1-4H3. The molecule has 0 atom stereocenters. The third kappa shape index (κ3) is 3.21. The van der Waals surface area contributed by atoms with E-state index in [9.17, 15) is 9.59 Å². The van der Waals surface area contributed by atoms with Gasteiger partial charge in [0.05, 0.1) is 30.5 Å². The van der Waals surface area contributed by atoms with Crippen LogP contribution in [0.4, 0.5) is 0 Å². The zero-order valence-corrected chi connectivity index (χ0v) is 16.0. The molecule has 0 saturated heterocycles. The molecule has 140 valence electrons. The monoisotopic (exact) mass is 365 g/mol. The van der Waals surface area contributed by atoms with E-state index in [-0.39, 0.29) is 12.5 Å². The van der Waals surface area contributed by atoms with Gasteiger partial charge in [-0.3, -0.25) is 4.79 Å². The van der Waals surface area contributed by atoms with E-state index in [0.717, 1.165) is 11.8 Å². The van der Waals surface area contributed by atoms with Crippen LogP contribution in [0, 0.1) is 0 Å². The van der Waals surface area contributed by atoms with E-state index < -0.39 is 5.97 Å². The molecule has 0 radical (unpaired) electrons. The number of ether oxygens (including phenoxy) is 2. The van der Waals surface area contributed by atoms with Crippen LogP contribution in [0.1, 0.15) is 53.1 Å². The summed E-state index contributed by atoms with van der Waals surface area (Å²) in [6.45, 7) is 6.20. The molecule has 0 aliphatic rings. The lowest BCUT2D eigenvalue weighted by Gasteiger charge is -2.14. The Hall–Kier alpha value is -3.08. The molecule has 3 aromatic rings. The van der Waals surface area contributed by atoms with Crippen LogP contribution in [0.2, 0.25) is 0 Å². The van der Waals surface area contributed by atoms with Crippen LogP contribution >= 0.6 is 0 Å². The van der Waals surface area contributed by atoms with Gasteiger partial charge in [-0.05, 0) is 42.7 Å². The highest BCUT2D eigenvalue weighted by atomic mass is 16.5. The SMILES string of the molecule is CCOC(=O)c1c(-c2cc(C(C)C)ccc2OC)c(C=O)n2ccccc12. The maximum atomic E-state index is 12.8. The highest BCUT2D eigenvalue weighted by molar-refractivity contribution is 6.09. The number of aromatic nitrogens is 1. The second-order valence-electron chi connectivity index (χ2n) is 6.54. The van der Waals surface area contributed by atoms with Crippen molar-refractivity contribution in [2.24, 2.45) is 0 Å². The molecule has 0 fully saturated rings. The number of rotatable bonds is 6. The molecule has 5 heteroatoms. The van der Waals surface area contributed by atoms with E-state index in [1.807, 2.05) is 36.4 Å². The van der Waals surface area contributed by atoms with Crippen molar-refractivity contribution in [1.82, 2.24) is 4.40 Å². The van der Waals surface area contributed by atoms with Crippen molar-refractivity contribution < 1.29 is 19.1 Å². The van der Waals surface area contributed by atoms with Crippen molar-refractivity contribution in [1.29, 1.82) is 0 Å². The highest BCUT2D eigenvalue weighted by Crippen LogP contribution is 2.39. The van der Waals surface area contributed by atoms with Crippen molar-refractivity contribution in [2.75, 3.05) is 13.7 Å². The largest absolute Gasteiger partial charge is 0.496 e. The van der Waals surface area contributed by atoms with Crippen molar-refractivity contribution in [3.8, 4) is 16.9 Å². The number of carbonyl (C=O) groups excluding carboxylic acids is 2. The van der Waals surface area contributed by atoms with Crippen LogP contribution in [0.15, 0.2) is 42.6 Å². The summed E-state index contributed by atoms with van der Waals surface area (Å²) in [5.41, 5.74) is 3.73. The molecule has 0 saturated carbocycles. The number of benzene rings is 1. The molecule has 2 heterocycles. The molecule has 0 aliphatic heterocycles. The van der Waals surface area contributed by atoms with Gasteiger partial charge in [0, 0.05) is 17.3 Å². The van der Waals surface area contributed by atoms with Gasteiger partial charge < -0.3 is 13.9 Å². The molecule has 0 spiro atoms. The lowest BCUT2D eigenvalue weighted by atomic mass is 9.94. The Morgan fingerprint density at radius 1 is 1.22 bits per heavy atom. The van der Waals surface area contributed by atoms with E-state index in [4.69, 9.17) is 9.47 Å². The maximum Gasteiger partial charge on any atom is 0.340 e. The lowest BCUT2D eigenvalue weighted by Crippen LogP contribution is -2.06. The zero-order valence-electron chi connectivity index (χ0n) is 16.0. The third-order valence-corrected chi connectivity index (χ3v) is 4.63. The summed E-state index contributed by atoms with van der Waals surface area (Å²) >= 11 is 0. The van der Waals surface area contributed by atoms with Gasteiger partial charge >= 0.3 is 5.97 Å². The zero-order chi connectivity index (χ0) is 19.6. The van der Waals surface area contributed by atoms with Gasteiger partial charge in [0.25, 0.3) is 0 Å². The van der Waals surface area contributed by atoms with Crippen molar-refractivity contribution >= 4 is 17.8 Å². The van der Waals surface area contributed by atoms with E-state index in [1.54, 1.807) is 24.6 Å². The fourth-order valence-electron chi connectivity index (χ4n) is 3.31. The Balaban J connectivity index is 2.44. The number of methoxy groups -OCH3 is 1. The van der Waals surface area contributed by atoms with Gasteiger partial charge in [0.15, 0.2) is 6.29 Å². The Bertz CT molecular complexity index is 1000. The molecule has 0 bridgehead atoms. The molecular weight excluding hydrogens is 342 g/mol. The predicted molar refractivity (Wildman–Crippen MR) is 105 cm³/mol. The summed E-state index contributed by atoms with van der Waals surface area (Å²) < 4.78 is 12.6. The molecule has 0 aliphatic carbocycles. The lowest BCUT2D eigenvalue weighted by molar-refractivity contribution is 0.0529. The number of hydrogen-bond acceptors (Lipinski definition) is 4. The third-order valence-electron chi connectivity index (χ3n) is 4.63. The fraction of sp³-hybridized carbons (Fsp3) is 0.273. The van der Waals surface area contributed by atoms with E-state index >= 15 is 0 Å². The van der Waals surface area contributed by atoms with Crippen LogP contribution < -0.4 is 4.74 Å². The van der Waals surface area contributed by atoms with Crippen molar-refractivity contribution in [2.45, 2.75) is 26.7 Å². The smallest absolute Gasteiger partial charge is 0.340 e. The number of esters is 1. The number of aldehydes is 1. The van der Waals surface area contributed by atoms with Crippen LogP contribution in [-0.2, 0) is 4.74 Å². The minimum atomic E-state index is -0.457. The van der Waals surface area contributed by atoms with Gasteiger partial charge in [0.1, 0.15) is 5.75 Å². The second kappa shape index (κ2) is 7.66. The maximum absolute atomic E-state index is 12.8. The van der Waals surface area contributed by atoms with Crippen molar-refractivity contribution in [3.63, 3.8) is 0 Å². The molecule has 0 unspecified atom stereocenters. The predicted octanol–water partition coefficient (Wildman–Crippen LogP) is 4.73. The highest BCUT2D eigenvalue weighted by Gasteiger charge is 2.27. The van der Waals surface area contributed by atoms with E-state index in [0.29, 0.717) is 33.7 Å². The number of hydrogen-bond donors (Lipinski definition) is 0. The van der Waals surface area contributed by atoms with E-state index in [2.05, 4.69) is 13.8 Å². The minimum absolute atomic E-state index is 0.252. The summed E-state index contributed by atoms with van der Waals surface area (Å²) in [6.07, 6.45) is 2.54. The quantitative estimate of drug-likeness (QED) is 0.468. The Morgan fingerprint density at radius 2 is 2.00 bits per heavy atom. The van der Waals surface area contributed by atoms with Gasteiger partial charge in [0.2, 0.25) is 0 Å². The summed E-state index contributed by atoms with van der Waals surface area (Å²) in [6, 6.07) is 11.3. The molecule has 0 N–H and O–H groups in total. The minimum Gasteiger partial charge on any atom is -0.496 e. The molecule has 2 aromatic heterocycles. The summed E-state index contributed by atoms with van der Waals surface area (Å²) in [5, 5.41) is 0. The molecule has 27 heavy (non-hydrogen) atoms. The van der Waals surface area contributed by atoms with Crippen LogP contribution in [0.25, 0.3) is 16.6 Å². The number of nitrogens with zero attached hydrogens (tertiary/aromatic N) is 1. The van der Waals surface area contributed by atoms with Crippen molar-refractivity contribution in [3.05, 3.63) is 59.4 Å². The average molecular weight is 365 g/mol. The Kier molecular flexibility index (Phi) is 5.31. The molecule has 0 amide bonds. The van der Waals surface area contributed by atoms with Gasteiger partial charge in [-0.25, -0.2) is 4.79 Å². The first-order valence-corrected chi connectivity index (χ1v) is 8.97. The van der Waals surface area contributed by atoms with Crippen LogP contribution in [-0.4, -0.2) is 30.4 Å². The molecular formula is C22H23NO4. The number of fused-ring (bicyclic) bond motifs is 1. The number of carbonyl (C=O) groups is 2. The van der Waals surface area contributed by atoms with Crippen LogP contribution in [0.5, 0.6) is 5.75 Å². The second-order valence-corrected chi connectivity index (χ2v) is 6.54. The Labute approximate surface area is 158 Å². The normalized spacial score (nSPS) is 11.0.